The van der Waals surface area contributed by atoms with Crippen LogP contribution in [0.1, 0.15) is 43.4 Å². The summed E-state index contributed by atoms with van der Waals surface area (Å²) in [4.78, 5) is 55.1. The van der Waals surface area contributed by atoms with Crippen molar-refractivity contribution in [3.63, 3.8) is 0 Å². The maximum absolute atomic E-state index is 14.2. The van der Waals surface area contributed by atoms with Crippen LogP contribution in [0.25, 0.3) is 99.8 Å². The summed E-state index contributed by atoms with van der Waals surface area (Å²) in [5, 5.41) is 3.37. The van der Waals surface area contributed by atoms with Crippen molar-refractivity contribution in [3.8, 4) is 55.9 Å². The molecule has 0 aliphatic heterocycles. The van der Waals surface area contributed by atoms with Gasteiger partial charge in [-0.2, -0.15) is 0 Å². The van der Waals surface area contributed by atoms with Crippen molar-refractivity contribution in [2.75, 3.05) is 0 Å². The minimum Gasteiger partial charge on any atom is -0.616 e. The molecule has 1 fully saturated rings. The number of fused-ring (bicyclic) bond motifs is 4. The number of rotatable bonds is 11. The lowest BCUT2D eigenvalue weighted by Crippen LogP contribution is -2.26. The quantitative estimate of drug-likeness (QED) is 0.121. The second kappa shape index (κ2) is 20.3. The van der Waals surface area contributed by atoms with E-state index in [1.807, 2.05) is 127 Å². The van der Waals surface area contributed by atoms with Gasteiger partial charge in [0.25, 0.3) is 0 Å². The summed E-state index contributed by atoms with van der Waals surface area (Å²) >= 11 is 11.4. The Balaban J connectivity index is 0.964. The number of nitrogens with one attached hydrogen (secondary N) is 2. The third-order valence-electron chi connectivity index (χ3n) is 13.9. The molecule has 0 saturated heterocycles. The van der Waals surface area contributed by atoms with E-state index in [0.29, 0.717) is 81.8 Å². The zero-order valence-electron chi connectivity index (χ0n) is 39.6. The van der Waals surface area contributed by atoms with E-state index >= 15 is 0 Å². The van der Waals surface area contributed by atoms with Crippen LogP contribution in [0.15, 0.2) is 179 Å². The first-order valence-electron chi connectivity index (χ1n) is 24.4. The largest absolute Gasteiger partial charge is 0.616 e. The molecule has 0 amide bonds. The molecule has 6 heterocycles. The molecule has 2 unspecified atom stereocenters. The van der Waals surface area contributed by atoms with E-state index in [-0.39, 0.29) is 27.6 Å². The van der Waals surface area contributed by atoms with E-state index in [0.717, 1.165) is 76.3 Å². The number of H-pyrrole nitrogens is 2. The average molecular weight is 1050 g/mol. The Hall–Kier alpha value is -7.16. The van der Waals surface area contributed by atoms with Crippen LogP contribution in [-0.2, 0) is 33.9 Å². The van der Waals surface area contributed by atoms with Crippen molar-refractivity contribution >= 4 is 89.4 Å². The number of aromatic amines is 2. The Bertz CT molecular complexity index is 4100. The molecule has 6 aromatic heterocycles. The molecule has 0 radical (unpaired) electrons. The third-order valence-corrected chi connectivity index (χ3v) is 17.6. The van der Waals surface area contributed by atoms with Gasteiger partial charge in [-0.3, -0.25) is 19.6 Å². The van der Waals surface area contributed by atoms with Crippen molar-refractivity contribution in [1.82, 2.24) is 29.9 Å². The molecule has 12 rings (SSSR count). The highest BCUT2D eigenvalue weighted by atomic mass is 35.5. The van der Waals surface area contributed by atoms with Gasteiger partial charge in [0.05, 0.1) is 54.5 Å². The van der Waals surface area contributed by atoms with E-state index in [2.05, 4.69) is 15.0 Å². The zero-order chi connectivity index (χ0) is 50.5. The van der Waals surface area contributed by atoms with Gasteiger partial charge in [0.2, 0.25) is 0 Å². The number of hydrogen-bond acceptors (Lipinski definition) is 8. The van der Waals surface area contributed by atoms with Gasteiger partial charge >= 0.3 is 0 Å². The summed E-state index contributed by atoms with van der Waals surface area (Å²) in [6.07, 6.45) is 10.3. The second-order valence-corrected chi connectivity index (χ2v) is 22.7. The van der Waals surface area contributed by atoms with Crippen LogP contribution in [-0.4, -0.2) is 44.3 Å². The fraction of sp³-hybridized carbons (Fsp3) is 0.133. The minimum atomic E-state index is -1.44. The standard InChI is InChI=1S/C60H44Cl2N6O4S2/c61-51-26-39(23-38-16-11-21-63-56(38)51)47-29-49-53(69)28-44(34-74(72)46-19-8-3-9-20-46)66-60(49)68-55(47)37-15-10-14-36(22-37)42-25-41-24-40(27-52(62)57(41)64-31-42)48-30-50-58(70)43(33-73(71)45-17-6-2-7-18-45)32-65-59(50)67-54(48)35-12-4-1-5-13-35/h1-2,4-7,10-18,21-32,46H,3,8-9,19-20,33-34H2,(H,65,67,70)(H,66,68,69). The highest BCUT2D eigenvalue weighted by Gasteiger charge is 2.26. The average Bonchev–Trinajstić information content (AvgIpc) is 3.44. The highest BCUT2D eigenvalue weighted by Crippen LogP contribution is 2.40. The summed E-state index contributed by atoms with van der Waals surface area (Å²) < 4.78 is 26.9. The van der Waals surface area contributed by atoms with E-state index in [9.17, 15) is 18.7 Å². The van der Waals surface area contributed by atoms with Gasteiger partial charge in [0.1, 0.15) is 28.0 Å². The molecular formula is C60H44Cl2N6O4S2. The Morgan fingerprint density at radius 3 is 2.00 bits per heavy atom. The molecule has 10 nitrogen and oxygen atoms in total. The van der Waals surface area contributed by atoms with Crippen molar-refractivity contribution in [2.45, 2.75) is 53.8 Å². The van der Waals surface area contributed by atoms with Crippen LogP contribution in [0.4, 0.5) is 0 Å². The van der Waals surface area contributed by atoms with Crippen molar-refractivity contribution < 1.29 is 9.11 Å². The fourth-order valence-corrected chi connectivity index (χ4v) is 13.4. The van der Waals surface area contributed by atoms with Gasteiger partial charge in [-0.25, -0.2) is 9.97 Å². The lowest BCUT2D eigenvalue weighted by Gasteiger charge is -2.25. The van der Waals surface area contributed by atoms with Gasteiger partial charge < -0.3 is 19.1 Å². The van der Waals surface area contributed by atoms with E-state index in [1.165, 1.54) is 0 Å². The van der Waals surface area contributed by atoms with Gasteiger partial charge in [0, 0.05) is 63.2 Å². The van der Waals surface area contributed by atoms with Crippen molar-refractivity contribution in [3.05, 3.63) is 206 Å². The van der Waals surface area contributed by atoms with E-state index in [4.69, 9.17) is 38.2 Å². The predicted octanol–water partition coefficient (Wildman–Crippen LogP) is 13.8. The number of benzene rings is 5. The molecule has 0 spiro atoms. The van der Waals surface area contributed by atoms with Crippen LogP contribution in [0.5, 0.6) is 0 Å². The number of hydrogen-bond donors (Lipinski definition) is 2. The van der Waals surface area contributed by atoms with Gasteiger partial charge in [-0.15, -0.1) is 0 Å². The Labute approximate surface area is 441 Å². The number of pyridine rings is 6. The normalized spacial score (nSPS) is 14.0. The summed E-state index contributed by atoms with van der Waals surface area (Å²) in [6, 6.07) is 45.7. The van der Waals surface area contributed by atoms with Gasteiger partial charge in [-0.1, -0.05) is 102 Å². The lowest BCUT2D eigenvalue weighted by molar-refractivity contribution is 0.483. The Morgan fingerprint density at radius 2 is 1.23 bits per heavy atom. The number of nitrogens with zero attached hydrogens (tertiary/aromatic N) is 4. The topological polar surface area (TPSA) is 163 Å². The monoisotopic (exact) mass is 1050 g/mol. The van der Waals surface area contributed by atoms with Crippen LogP contribution < -0.4 is 10.9 Å². The Kier molecular flexibility index (Phi) is 13.1. The smallest absolute Gasteiger partial charge is 0.198 e. The lowest BCUT2D eigenvalue weighted by atomic mass is 9.94. The van der Waals surface area contributed by atoms with Gasteiger partial charge in [-0.05, 0) is 131 Å². The van der Waals surface area contributed by atoms with Crippen LogP contribution in [0.3, 0.4) is 0 Å². The molecule has 5 aromatic carbocycles. The molecule has 364 valence electrons. The number of aromatic nitrogens is 6. The minimum absolute atomic E-state index is 0.0419. The molecule has 14 heteroatoms. The second-order valence-electron chi connectivity index (χ2n) is 18.7. The molecule has 0 bridgehead atoms. The fourth-order valence-electron chi connectivity index (χ4n) is 10.1. The summed E-state index contributed by atoms with van der Waals surface area (Å²) in [7, 11) is 0. The maximum Gasteiger partial charge on any atom is 0.198 e. The first kappa shape index (κ1) is 47.8. The molecule has 1 saturated carbocycles. The molecule has 2 N–H and O–H groups in total. The molecular weight excluding hydrogens is 1000 g/mol. The first-order valence-corrected chi connectivity index (χ1v) is 27.8. The molecule has 1 aliphatic rings. The molecule has 1 aliphatic carbocycles. The van der Waals surface area contributed by atoms with Crippen molar-refractivity contribution in [1.29, 1.82) is 0 Å². The van der Waals surface area contributed by atoms with E-state index in [1.54, 1.807) is 36.8 Å². The van der Waals surface area contributed by atoms with Crippen LogP contribution in [0.2, 0.25) is 10.0 Å². The number of halogens is 2. The maximum atomic E-state index is 14.2. The molecule has 74 heavy (non-hydrogen) atoms. The van der Waals surface area contributed by atoms with Crippen LogP contribution >= 0.6 is 23.2 Å². The zero-order valence-corrected chi connectivity index (χ0v) is 42.8. The predicted molar refractivity (Wildman–Crippen MR) is 301 cm³/mol. The SMILES string of the molecule is O=c1cc(C[S+]([O-])C2CCCCC2)[nH]c2nc(-c3cccc(-c4cnc5c(Cl)cc(-c6cc7c(=O)c(C[S+]([O-])c8ccccc8)c[nH]c7nc6-c6ccccc6)cc5c4)c3)c(-c3cc(Cl)c4ncccc4c3)cc12. The summed E-state index contributed by atoms with van der Waals surface area (Å²) in [5.74, 6) is 0.292. The van der Waals surface area contributed by atoms with E-state index < -0.39 is 22.4 Å². The van der Waals surface area contributed by atoms with Gasteiger partial charge in [0.15, 0.2) is 15.8 Å². The highest BCUT2D eigenvalue weighted by molar-refractivity contribution is 7.91. The first-order chi connectivity index (χ1) is 36.1. The molecule has 2 atom stereocenters. The third kappa shape index (κ3) is 9.38. The molecule has 11 aromatic rings. The Morgan fingerprint density at radius 1 is 0.581 bits per heavy atom. The summed E-state index contributed by atoms with van der Waals surface area (Å²) in [6.45, 7) is 0. The van der Waals surface area contributed by atoms with Crippen molar-refractivity contribution in [2.24, 2.45) is 0 Å². The van der Waals surface area contributed by atoms with Crippen LogP contribution in [0, 0.1) is 0 Å². The summed E-state index contributed by atoms with van der Waals surface area (Å²) in [5.41, 5.74) is 10.0.